The molecule has 0 spiro atoms. The Morgan fingerprint density at radius 2 is 1.80 bits per heavy atom. The first-order valence-electron chi connectivity index (χ1n) is 12.7. The first-order chi connectivity index (χ1) is 16.9. The fraction of sp³-hybridized carbons (Fsp3) is 0.500. The molecule has 0 unspecified atom stereocenters. The van der Waals surface area contributed by atoms with Crippen LogP contribution in [0, 0.1) is 24.6 Å². The molecule has 3 aliphatic rings. The lowest BCUT2D eigenvalue weighted by atomic mass is 9.76. The number of anilines is 1. The first kappa shape index (κ1) is 23.8. The fourth-order valence-electron chi connectivity index (χ4n) is 6.31. The van der Waals surface area contributed by atoms with Crippen LogP contribution in [0.5, 0.6) is 0 Å². The zero-order valence-electron chi connectivity index (χ0n) is 20.1. The molecule has 35 heavy (non-hydrogen) atoms. The Morgan fingerprint density at radius 3 is 2.49 bits per heavy atom. The van der Waals surface area contributed by atoms with Crippen molar-refractivity contribution < 1.29 is 23.8 Å². The number of hydrogen-bond acceptors (Lipinski definition) is 4. The number of fused-ring (bicyclic) bond motifs is 1. The maximum atomic E-state index is 14.9. The summed E-state index contributed by atoms with van der Waals surface area (Å²) >= 11 is 0. The minimum absolute atomic E-state index is 0.0481. The molecule has 1 saturated carbocycles. The number of likely N-dealkylation sites (tertiary alicyclic amines) is 1. The third kappa shape index (κ3) is 4.66. The quantitative estimate of drug-likeness (QED) is 0.616. The molecule has 2 aliphatic heterocycles. The normalized spacial score (nSPS) is 26.9. The summed E-state index contributed by atoms with van der Waals surface area (Å²) in [5, 5.41) is 13.7. The smallest absolute Gasteiger partial charge is 0.308 e. The van der Waals surface area contributed by atoms with E-state index in [1.54, 1.807) is 24.0 Å². The summed E-state index contributed by atoms with van der Waals surface area (Å²) in [6, 6.07) is 12.0. The van der Waals surface area contributed by atoms with Crippen molar-refractivity contribution in [3.8, 4) is 0 Å². The van der Waals surface area contributed by atoms with Crippen LogP contribution in [0.4, 0.5) is 10.1 Å². The maximum Gasteiger partial charge on any atom is 0.308 e. The van der Waals surface area contributed by atoms with E-state index >= 15 is 0 Å². The number of halogens is 1. The van der Waals surface area contributed by atoms with Crippen LogP contribution in [-0.4, -0.2) is 47.2 Å². The summed E-state index contributed by atoms with van der Waals surface area (Å²) in [4.78, 5) is 28.1. The average molecular weight is 481 g/mol. The van der Waals surface area contributed by atoms with Gasteiger partial charge < -0.3 is 20.1 Å². The number of carbonyl (C=O) groups excluding carboxylic acids is 1. The van der Waals surface area contributed by atoms with Gasteiger partial charge in [-0.2, -0.15) is 0 Å². The Hall–Kier alpha value is -2.93. The summed E-state index contributed by atoms with van der Waals surface area (Å²) in [5.41, 5.74) is 2.36. The van der Waals surface area contributed by atoms with E-state index in [-0.39, 0.29) is 17.5 Å². The van der Waals surface area contributed by atoms with E-state index in [0.29, 0.717) is 18.0 Å². The molecule has 2 aromatic carbocycles. The van der Waals surface area contributed by atoms with Crippen molar-refractivity contribution in [3.63, 3.8) is 0 Å². The van der Waals surface area contributed by atoms with E-state index in [1.165, 1.54) is 6.07 Å². The highest BCUT2D eigenvalue weighted by atomic mass is 19.1. The third-order valence-electron chi connectivity index (χ3n) is 8.05. The SMILES string of the molecule is Cc1cccc(F)c1C(=O)N1[C@H](c2ccc(NC3CCOCC3)cc2)[C@H](C(=O)O)C[C@@H]2CCC[C@@H]21. The third-order valence-corrected chi connectivity index (χ3v) is 8.05. The van der Waals surface area contributed by atoms with Crippen molar-refractivity contribution in [2.75, 3.05) is 18.5 Å². The molecule has 2 saturated heterocycles. The molecule has 4 atom stereocenters. The molecule has 2 N–H and O–H groups in total. The molecule has 3 fully saturated rings. The molecule has 0 aromatic heterocycles. The molecule has 5 rings (SSSR count). The molecular weight excluding hydrogens is 447 g/mol. The average Bonchev–Trinajstić information content (AvgIpc) is 3.32. The van der Waals surface area contributed by atoms with Gasteiger partial charge >= 0.3 is 5.97 Å². The van der Waals surface area contributed by atoms with Crippen molar-refractivity contribution in [3.05, 3.63) is 65.0 Å². The summed E-state index contributed by atoms with van der Waals surface area (Å²) in [5.74, 6) is -2.49. The number of nitrogens with one attached hydrogen (secondary N) is 1. The standard InChI is InChI=1S/C28H33FN2O4/c1-17-4-2-6-23(29)25(17)27(32)31-24-7-3-5-19(24)16-22(28(33)34)26(31)18-8-10-20(11-9-18)30-21-12-14-35-15-13-21/h2,4,6,8-11,19,21-22,24,26,30H,3,5,7,12-16H2,1H3,(H,33,34)/t19-,22+,24-,26+/m0/s1. The van der Waals surface area contributed by atoms with Gasteiger partial charge in [0.2, 0.25) is 0 Å². The minimum atomic E-state index is -0.909. The van der Waals surface area contributed by atoms with Crippen LogP contribution in [0.25, 0.3) is 0 Å². The minimum Gasteiger partial charge on any atom is -0.481 e. The number of aryl methyl sites for hydroxylation is 1. The highest BCUT2D eigenvalue weighted by Gasteiger charge is 2.50. The van der Waals surface area contributed by atoms with Gasteiger partial charge in [0.05, 0.1) is 17.5 Å². The number of aliphatic carboxylic acids is 1. The van der Waals surface area contributed by atoms with Gasteiger partial charge in [0, 0.05) is 31.0 Å². The van der Waals surface area contributed by atoms with Gasteiger partial charge in [-0.15, -0.1) is 0 Å². The molecule has 1 aliphatic carbocycles. The Kier molecular flexibility index (Phi) is 6.78. The molecule has 7 heteroatoms. The van der Waals surface area contributed by atoms with E-state index in [9.17, 15) is 19.1 Å². The van der Waals surface area contributed by atoms with Gasteiger partial charge in [0.1, 0.15) is 5.82 Å². The predicted molar refractivity (Wildman–Crippen MR) is 131 cm³/mol. The lowest BCUT2D eigenvalue weighted by molar-refractivity contribution is -0.147. The van der Waals surface area contributed by atoms with Gasteiger partial charge in [-0.1, -0.05) is 30.7 Å². The number of ether oxygens (including phenoxy) is 1. The molecule has 2 aromatic rings. The Labute approximate surface area is 205 Å². The lowest BCUT2D eigenvalue weighted by Crippen LogP contribution is -2.53. The Bertz CT molecular complexity index is 1060. The summed E-state index contributed by atoms with van der Waals surface area (Å²) in [6.45, 7) is 3.22. The topological polar surface area (TPSA) is 78.9 Å². The second-order valence-corrected chi connectivity index (χ2v) is 10.2. The van der Waals surface area contributed by atoms with Crippen LogP contribution >= 0.6 is 0 Å². The highest BCUT2D eigenvalue weighted by molar-refractivity contribution is 5.97. The van der Waals surface area contributed by atoms with Crippen LogP contribution in [0.15, 0.2) is 42.5 Å². The second kappa shape index (κ2) is 9.97. The predicted octanol–water partition coefficient (Wildman–Crippen LogP) is 5.18. The van der Waals surface area contributed by atoms with E-state index in [4.69, 9.17) is 4.74 Å². The Balaban J connectivity index is 1.51. The molecule has 2 heterocycles. The van der Waals surface area contributed by atoms with Crippen LogP contribution in [0.1, 0.15) is 66.1 Å². The van der Waals surface area contributed by atoms with E-state index in [0.717, 1.165) is 56.6 Å². The first-order valence-corrected chi connectivity index (χ1v) is 12.7. The number of rotatable bonds is 5. The summed E-state index contributed by atoms with van der Waals surface area (Å²) in [6.07, 6.45) is 5.08. The molecule has 0 bridgehead atoms. The number of hydrogen-bond donors (Lipinski definition) is 2. The van der Waals surface area contributed by atoms with Crippen molar-refractivity contribution in [2.24, 2.45) is 11.8 Å². The number of carbonyl (C=O) groups is 2. The van der Waals surface area contributed by atoms with Crippen LogP contribution in [0.2, 0.25) is 0 Å². The van der Waals surface area contributed by atoms with Gasteiger partial charge in [-0.3, -0.25) is 9.59 Å². The summed E-state index contributed by atoms with van der Waals surface area (Å²) < 4.78 is 20.3. The van der Waals surface area contributed by atoms with E-state index < -0.39 is 29.7 Å². The summed E-state index contributed by atoms with van der Waals surface area (Å²) in [7, 11) is 0. The van der Waals surface area contributed by atoms with Gasteiger partial charge in [0.25, 0.3) is 5.91 Å². The van der Waals surface area contributed by atoms with Crippen LogP contribution in [-0.2, 0) is 9.53 Å². The zero-order valence-corrected chi connectivity index (χ0v) is 20.1. The van der Waals surface area contributed by atoms with Crippen LogP contribution in [0.3, 0.4) is 0 Å². The Morgan fingerprint density at radius 1 is 1.06 bits per heavy atom. The fourth-order valence-corrected chi connectivity index (χ4v) is 6.31. The van der Waals surface area contributed by atoms with Gasteiger partial charge in [0.15, 0.2) is 0 Å². The zero-order chi connectivity index (χ0) is 24.5. The highest BCUT2D eigenvalue weighted by Crippen LogP contribution is 2.48. The molecular formula is C28H33FN2O4. The molecule has 1 amide bonds. The molecule has 6 nitrogen and oxygen atoms in total. The van der Waals surface area contributed by atoms with Crippen molar-refractivity contribution >= 4 is 17.6 Å². The number of piperidine rings is 1. The van der Waals surface area contributed by atoms with Crippen molar-refractivity contribution in [1.29, 1.82) is 0 Å². The number of nitrogens with zero attached hydrogens (tertiary/aromatic N) is 1. The maximum absolute atomic E-state index is 14.9. The monoisotopic (exact) mass is 480 g/mol. The number of carboxylic acids is 1. The molecule has 186 valence electrons. The number of benzene rings is 2. The van der Waals surface area contributed by atoms with E-state index in [1.807, 2.05) is 24.3 Å². The van der Waals surface area contributed by atoms with Crippen molar-refractivity contribution in [1.82, 2.24) is 4.90 Å². The lowest BCUT2D eigenvalue weighted by Gasteiger charge is -2.47. The second-order valence-electron chi connectivity index (χ2n) is 10.2. The number of amides is 1. The van der Waals surface area contributed by atoms with Gasteiger partial charge in [-0.05, 0) is 74.3 Å². The van der Waals surface area contributed by atoms with Crippen molar-refractivity contribution in [2.45, 2.75) is 63.6 Å². The van der Waals surface area contributed by atoms with E-state index in [2.05, 4.69) is 5.32 Å². The van der Waals surface area contributed by atoms with Gasteiger partial charge in [-0.25, -0.2) is 4.39 Å². The largest absolute Gasteiger partial charge is 0.481 e. The van der Waals surface area contributed by atoms with Crippen LogP contribution < -0.4 is 5.32 Å². The number of carboxylic acid groups (broad SMARTS) is 1. The molecule has 0 radical (unpaired) electrons.